The highest BCUT2D eigenvalue weighted by Crippen LogP contribution is 2.39. The molecule has 45 heavy (non-hydrogen) atoms. The third-order valence-corrected chi connectivity index (χ3v) is 6.97. The van der Waals surface area contributed by atoms with E-state index >= 15 is 0 Å². The lowest BCUT2D eigenvalue weighted by Crippen LogP contribution is -2.03. The van der Waals surface area contributed by atoms with E-state index in [-0.39, 0.29) is 0 Å². The Bertz CT molecular complexity index is 1580. The Morgan fingerprint density at radius 3 is 0.978 bits per heavy atom. The number of allylic oxidation sites excluding steroid dienone is 3. The Balaban J connectivity index is 2.00. The smallest absolute Gasteiger partial charge is 0.308 e. The van der Waals surface area contributed by atoms with E-state index in [2.05, 4.69) is 37.9 Å². The molecule has 0 N–H and O–H groups in total. The van der Waals surface area contributed by atoms with Gasteiger partial charge in [-0.1, -0.05) is 36.4 Å². The summed E-state index contributed by atoms with van der Waals surface area (Å²) in [5.74, 6) is 0.204. The summed E-state index contributed by atoms with van der Waals surface area (Å²) in [6, 6.07) is 23.1. The molecular formula is C39H36O6. The molecule has 0 atom stereocenters. The largest absolute Gasteiger partial charge is 0.427 e. The minimum atomic E-state index is -0.393. The maximum atomic E-state index is 11.7. The minimum absolute atomic E-state index is 0.393. The van der Waals surface area contributed by atoms with Gasteiger partial charge < -0.3 is 14.2 Å². The van der Waals surface area contributed by atoms with Crippen molar-refractivity contribution in [1.29, 1.82) is 0 Å². The first-order valence-corrected chi connectivity index (χ1v) is 14.5. The predicted molar refractivity (Wildman–Crippen MR) is 178 cm³/mol. The summed E-state index contributed by atoms with van der Waals surface area (Å²) in [6.07, 6.45) is 7.11. The molecular weight excluding hydrogens is 564 g/mol. The number of hydrogen-bond donors (Lipinski definition) is 0. The van der Waals surface area contributed by atoms with Gasteiger partial charge in [0.15, 0.2) is 0 Å². The molecule has 0 radical (unpaired) electrons. The molecule has 0 aliphatic rings. The van der Waals surface area contributed by atoms with Crippen LogP contribution in [-0.4, -0.2) is 17.9 Å². The average Bonchev–Trinajstić information content (AvgIpc) is 2.97. The molecule has 0 spiro atoms. The number of hydrogen-bond acceptors (Lipinski definition) is 6. The maximum Gasteiger partial charge on any atom is 0.308 e. The summed E-state index contributed by atoms with van der Waals surface area (Å²) in [7, 11) is 0. The van der Waals surface area contributed by atoms with Gasteiger partial charge in [-0.2, -0.15) is 0 Å². The van der Waals surface area contributed by atoms with E-state index in [1.54, 1.807) is 18.2 Å². The van der Waals surface area contributed by atoms with E-state index < -0.39 is 17.9 Å². The van der Waals surface area contributed by atoms with Gasteiger partial charge in [0.2, 0.25) is 0 Å². The molecule has 228 valence electrons. The first kappa shape index (κ1) is 32.4. The van der Waals surface area contributed by atoms with Gasteiger partial charge >= 0.3 is 17.9 Å². The van der Waals surface area contributed by atoms with E-state index in [0.29, 0.717) is 36.5 Å². The SMILES string of the molecule is C=CCc1cc(OC(C)=O)ccc1-c1cc(-c2ccc(OC(C)=O)cc2CC=C)cc(-c2ccc(OC(C)=O)cc2CC=C)c1. The van der Waals surface area contributed by atoms with Gasteiger partial charge in [0.05, 0.1) is 0 Å². The van der Waals surface area contributed by atoms with Crippen LogP contribution in [-0.2, 0) is 33.6 Å². The fourth-order valence-corrected chi connectivity index (χ4v) is 5.31. The standard InChI is InChI=1S/C39H36O6/c1-7-10-28-22-34(43-25(4)40)13-16-37(28)31-19-32(38-17-14-35(44-26(5)41)23-29(38)11-8-2)21-33(20-31)39-18-15-36(45-27(6)42)24-30(39)12-9-3/h7-9,13-24H,1-3,10-12H2,4-6H3. The van der Waals surface area contributed by atoms with Crippen LogP contribution in [0.2, 0.25) is 0 Å². The molecule has 0 saturated heterocycles. The van der Waals surface area contributed by atoms with Crippen LogP contribution < -0.4 is 14.2 Å². The lowest BCUT2D eigenvalue weighted by Gasteiger charge is -2.18. The number of carbonyl (C=O) groups excluding carboxylic acids is 3. The number of ether oxygens (including phenoxy) is 3. The van der Waals surface area contributed by atoms with Crippen molar-refractivity contribution in [2.24, 2.45) is 0 Å². The second kappa shape index (κ2) is 14.8. The van der Waals surface area contributed by atoms with Crippen molar-refractivity contribution >= 4 is 17.9 Å². The van der Waals surface area contributed by atoms with Crippen molar-refractivity contribution in [2.45, 2.75) is 40.0 Å². The maximum absolute atomic E-state index is 11.7. The van der Waals surface area contributed by atoms with Crippen molar-refractivity contribution in [3.05, 3.63) is 127 Å². The summed E-state index contributed by atoms with van der Waals surface area (Å²) in [6.45, 7) is 15.9. The van der Waals surface area contributed by atoms with Crippen molar-refractivity contribution < 1.29 is 28.6 Å². The quantitative estimate of drug-likeness (QED) is 0.0920. The highest BCUT2D eigenvalue weighted by Gasteiger charge is 2.16. The molecule has 6 nitrogen and oxygen atoms in total. The molecule has 0 heterocycles. The number of esters is 3. The van der Waals surface area contributed by atoms with E-state index in [9.17, 15) is 14.4 Å². The fourth-order valence-electron chi connectivity index (χ4n) is 5.31. The Morgan fingerprint density at radius 2 is 0.756 bits per heavy atom. The van der Waals surface area contributed by atoms with Crippen molar-refractivity contribution in [3.8, 4) is 50.6 Å². The van der Waals surface area contributed by atoms with Gasteiger partial charge in [-0.15, -0.1) is 19.7 Å². The number of rotatable bonds is 12. The molecule has 0 aliphatic heterocycles. The van der Waals surface area contributed by atoms with Crippen molar-refractivity contribution in [1.82, 2.24) is 0 Å². The molecule has 0 fully saturated rings. The van der Waals surface area contributed by atoms with Crippen LogP contribution >= 0.6 is 0 Å². The first-order valence-electron chi connectivity index (χ1n) is 14.5. The summed E-state index contributed by atoms with van der Waals surface area (Å²) in [5, 5.41) is 0. The monoisotopic (exact) mass is 600 g/mol. The van der Waals surface area contributed by atoms with Crippen molar-refractivity contribution in [2.75, 3.05) is 0 Å². The van der Waals surface area contributed by atoms with E-state index in [4.69, 9.17) is 14.2 Å². The molecule has 0 bridgehead atoms. The number of carbonyl (C=O) groups is 3. The lowest BCUT2D eigenvalue weighted by atomic mass is 9.87. The van der Waals surface area contributed by atoms with Crippen LogP contribution in [0.3, 0.4) is 0 Å². The van der Waals surface area contributed by atoms with Crippen LogP contribution in [0.25, 0.3) is 33.4 Å². The summed E-state index contributed by atoms with van der Waals surface area (Å²) in [4.78, 5) is 35.0. The van der Waals surface area contributed by atoms with E-state index in [0.717, 1.165) is 50.1 Å². The van der Waals surface area contributed by atoms with Crippen molar-refractivity contribution in [3.63, 3.8) is 0 Å². The van der Waals surface area contributed by atoms with Gasteiger partial charge in [-0.3, -0.25) is 14.4 Å². The highest BCUT2D eigenvalue weighted by molar-refractivity contribution is 5.85. The third-order valence-electron chi connectivity index (χ3n) is 6.97. The second-order valence-electron chi connectivity index (χ2n) is 10.5. The zero-order valence-electron chi connectivity index (χ0n) is 25.9. The van der Waals surface area contributed by atoms with Crippen LogP contribution in [0.5, 0.6) is 17.2 Å². The minimum Gasteiger partial charge on any atom is -0.427 e. The Morgan fingerprint density at radius 1 is 0.489 bits per heavy atom. The van der Waals surface area contributed by atoms with Gasteiger partial charge in [0, 0.05) is 20.8 Å². The number of benzene rings is 4. The van der Waals surface area contributed by atoms with Gasteiger partial charge in [-0.05, 0) is 124 Å². The molecule has 4 aromatic carbocycles. The predicted octanol–water partition coefficient (Wildman–Crippen LogP) is 8.65. The summed E-state index contributed by atoms with van der Waals surface area (Å²) < 4.78 is 16.1. The summed E-state index contributed by atoms with van der Waals surface area (Å²) in [5.41, 5.74) is 8.52. The Hall–Kier alpha value is -5.49. The van der Waals surface area contributed by atoms with Crippen LogP contribution in [0, 0.1) is 0 Å². The van der Waals surface area contributed by atoms with E-state index in [1.165, 1.54) is 20.8 Å². The Labute approximate surface area is 264 Å². The average molecular weight is 601 g/mol. The molecule has 0 unspecified atom stereocenters. The molecule has 0 amide bonds. The normalized spacial score (nSPS) is 10.5. The molecule has 0 aliphatic carbocycles. The Kier molecular flexibility index (Phi) is 10.7. The molecule has 6 heteroatoms. The first-order chi connectivity index (χ1) is 21.6. The van der Waals surface area contributed by atoms with Crippen LogP contribution in [0.4, 0.5) is 0 Å². The second-order valence-corrected chi connectivity index (χ2v) is 10.5. The molecule has 0 saturated carbocycles. The zero-order valence-corrected chi connectivity index (χ0v) is 25.9. The zero-order chi connectivity index (χ0) is 32.5. The van der Waals surface area contributed by atoms with Gasteiger partial charge in [0.1, 0.15) is 17.2 Å². The molecule has 4 aromatic rings. The van der Waals surface area contributed by atoms with E-state index in [1.807, 2.05) is 54.6 Å². The van der Waals surface area contributed by atoms with Crippen LogP contribution in [0.1, 0.15) is 37.5 Å². The third kappa shape index (κ3) is 8.33. The fraction of sp³-hybridized carbons (Fsp3) is 0.154. The van der Waals surface area contributed by atoms with Crippen LogP contribution in [0.15, 0.2) is 111 Å². The van der Waals surface area contributed by atoms with Gasteiger partial charge in [-0.25, -0.2) is 0 Å². The topological polar surface area (TPSA) is 78.9 Å². The molecule has 0 aromatic heterocycles. The lowest BCUT2D eigenvalue weighted by molar-refractivity contribution is -0.132. The summed E-state index contributed by atoms with van der Waals surface area (Å²) >= 11 is 0. The molecule has 4 rings (SSSR count). The highest BCUT2D eigenvalue weighted by atomic mass is 16.5. The van der Waals surface area contributed by atoms with Gasteiger partial charge in [0.25, 0.3) is 0 Å².